The van der Waals surface area contributed by atoms with Gasteiger partial charge in [-0.05, 0) is 0 Å². The maximum Gasteiger partial charge on any atom is 0 e. The van der Waals surface area contributed by atoms with Crippen LogP contribution < -0.4 is 0 Å². The maximum atomic E-state index is 0. The average molecular weight is 207 g/mol. The van der Waals surface area contributed by atoms with Gasteiger partial charge in [0.25, 0.3) is 0 Å². The molecule has 6 radical (unpaired) electrons. The molecule has 0 N–H and O–H groups in total. The standard InChI is InChI=1S/Ca.3Na.Tc. The van der Waals surface area contributed by atoms with Crippen LogP contribution in [-0.2, 0) is 20.1 Å². The van der Waals surface area contributed by atoms with Crippen LogP contribution in [0.3, 0.4) is 0 Å². The van der Waals surface area contributed by atoms with E-state index in [4.69, 9.17) is 0 Å². The van der Waals surface area contributed by atoms with E-state index in [2.05, 4.69) is 0 Å². The van der Waals surface area contributed by atoms with Crippen molar-refractivity contribution in [3.63, 3.8) is 0 Å². The second-order valence-corrected chi connectivity index (χ2v) is 0. The monoisotopic (exact) mass is 206 g/mol. The summed E-state index contributed by atoms with van der Waals surface area (Å²) in [6, 6.07) is 0. The molecule has 0 atom stereocenters. The largest absolute Gasteiger partial charge is 0 e. The summed E-state index contributed by atoms with van der Waals surface area (Å²) < 4.78 is 0. The molecule has 5 heteroatoms. The van der Waals surface area contributed by atoms with Crippen LogP contribution in [0, 0.1) is 0 Å². The topological polar surface area (TPSA) is 0 Å². The van der Waals surface area contributed by atoms with E-state index >= 15 is 0 Å². The van der Waals surface area contributed by atoms with E-state index < -0.39 is 0 Å². The minimum absolute atomic E-state index is 0. The van der Waals surface area contributed by atoms with Gasteiger partial charge in [0.1, 0.15) is 0 Å². The Morgan fingerprint density at radius 1 is 0.600 bits per heavy atom. The van der Waals surface area contributed by atoms with E-state index in [1.807, 2.05) is 0 Å². The van der Waals surface area contributed by atoms with Gasteiger partial charge in [-0.3, -0.25) is 0 Å². The summed E-state index contributed by atoms with van der Waals surface area (Å²) in [6.45, 7) is 0. The fourth-order valence-electron chi connectivity index (χ4n) is 0. The van der Waals surface area contributed by atoms with E-state index in [0.29, 0.717) is 0 Å². The first-order valence-electron chi connectivity index (χ1n) is 0. The molecule has 0 aliphatic heterocycles. The molecular weight excluding hydrogens is 207 g/mol. The molecule has 0 aliphatic rings. The SMILES string of the molecule is [Ca].[Na].[Na].[Na].[Tc]. The van der Waals surface area contributed by atoms with E-state index in [1.165, 1.54) is 0 Å². The molecule has 0 saturated heterocycles. The summed E-state index contributed by atoms with van der Waals surface area (Å²) >= 11 is 0. The van der Waals surface area contributed by atoms with Crippen molar-refractivity contribution in [1.82, 2.24) is 0 Å². The van der Waals surface area contributed by atoms with Gasteiger partial charge >= 0.3 is 0 Å². The van der Waals surface area contributed by atoms with Crippen LogP contribution in [0.4, 0.5) is 0 Å². The smallest absolute Gasteiger partial charge is 0 e. The van der Waals surface area contributed by atoms with Crippen LogP contribution >= 0.6 is 0 Å². The minimum atomic E-state index is 0. The molecule has 0 aromatic carbocycles. The van der Waals surface area contributed by atoms with E-state index in [1.54, 1.807) is 0 Å². The van der Waals surface area contributed by atoms with Crippen LogP contribution in [-0.4, -0.2) is 126 Å². The van der Waals surface area contributed by atoms with E-state index in [9.17, 15) is 0 Å². The zero-order valence-corrected chi connectivity index (χ0v) is 14.2. The third-order valence-electron chi connectivity index (χ3n) is 0. The predicted octanol–water partition coefficient (Wildman–Crippen LogP) is -1.53. The first-order chi connectivity index (χ1) is 0. The van der Waals surface area contributed by atoms with Crippen LogP contribution in [0.15, 0.2) is 0 Å². The Hall–Kier alpha value is 4.91. The Bertz CT molecular complexity index is 6.85. The fourth-order valence-corrected chi connectivity index (χ4v) is 0. The summed E-state index contributed by atoms with van der Waals surface area (Å²) in [6.07, 6.45) is 0. The molecule has 0 rings (SSSR count). The van der Waals surface area contributed by atoms with Crippen molar-refractivity contribution in [2.24, 2.45) is 0 Å². The van der Waals surface area contributed by atoms with Gasteiger partial charge in [0.05, 0.1) is 0 Å². The fraction of sp³-hybridized carbons (Fsp3) is 0. The van der Waals surface area contributed by atoms with Crippen LogP contribution in [0.25, 0.3) is 0 Å². The number of hydrogen-bond acceptors (Lipinski definition) is 0. The molecule has 0 spiro atoms. The Labute approximate surface area is 142 Å². The Kier molecular flexibility index (Phi) is 151. The van der Waals surface area contributed by atoms with Crippen LogP contribution in [0.2, 0.25) is 0 Å². The molecule has 0 aromatic heterocycles. The van der Waals surface area contributed by atoms with Crippen molar-refractivity contribution in [1.29, 1.82) is 0 Å². The first-order valence-corrected chi connectivity index (χ1v) is 0. The molecule has 5 heavy (non-hydrogen) atoms. The van der Waals surface area contributed by atoms with Crippen molar-refractivity contribution in [2.45, 2.75) is 0 Å². The summed E-state index contributed by atoms with van der Waals surface area (Å²) in [5.74, 6) is 0. The van der Waals surface area contributed by atoms with Crippen molar-refractivity contribution in [2.75, 3.05) is 0 Å². The first kappa shape index (κ1) is 32.6. The normalized spacial score (nSPS) is 0. The quantitative estimate of drug-likeness (QED) is 0.423. The maximum absolute atomic E-state index is 0. The van der Waals surface area contributed by atoms with Crippen molar-refractivity contribution >= 4 is 126 Å². The van der Waals surface area contributed by atoms with Gasteiger partial charge in [0.15, 0.2) is 0 Å². The van der Waals surface area contributed by atoms with Gasteiger partial charge in [-0.2, -0.15) is 0 Å². The molecule has 0 bridgehead atoms. The summed E-state index contributed by atoms with van der Waals surface area (Å²) in [7, 11) is 0. The minimum Gasteiger partial charge on any atom is 0 e. The second-order valence-electron chi connectivity index (χ2n) is 0. The van der Waals surface area contributed by atoms with Crippen molar-refractivity contribution in [3.05, 3.63) is 0 Å². The Balaban J connectivity index is 0. The Morgan fingerprint density at radius 2 is 0.600 bits per heavy atom. The molecule has 0 saturated carbocycles. The zero-order valence-electron chi connectivity index (χ0n) is 4.09. The Morgan fingerprint density at radius 3 is 0.600 bits per heavy atom. The van der Waals surface area contributed by atoms with Gasteiger partial charge in [0, 0.05) is 147 Å². The second kappa shape index (κ2) is 23.1. The molecule has 0 amide bonds. The van der Waals surface area contributed by atoms with E-state index in [-0.39, 0.29) is 147 Å². The van der Waals surface area contributed by atoms with E-state index in [0.717, 1.165) is 0 Å². The molecular formula is CaNa3Tc. The zero-order chi connectivity index (χ0) is 0. The third-order valence-corrected chi connectivity index (χ3v) is 0. The van der Waals surface area contributed by atoms with Crippen molar-refractivity contribution < 1.29 is 20.1 Å². The molecule has 0 fully saturated rings. The molecule has 0 aliphatic carbocycles. The van der Waals surface area contributed by atoms with Crippen molar-refractivity contribution in [3.8, 4) is 0 Å². The molecule has 0 unspecified atom stereocenters. The molecule has 0 aromatic rings. The number of rotatable bonds is 0. The third kappa shape index (κ3) is 17.6. The van der Waals surface area contributed by atoms with Gasteiger partial charge < -0.3 is 0 Å². The summed E-state index contributed by atoms with van der Waals surface area (Å²) in [5, 5.41) is 0. The summed E-state index contributed by atoms with van der Waals surface area (Å²) in [5.41, 5.74) is 0. The van der Waals surface area contributed by atoms with Gasteiger partial charge in [0.2, 0.25) is 0 Å². The van der Waals surface area contributed by atoms with Crippen LogP contribution in [0.5, 0.6) is 0 Å². The van der Waals surface area contributed by atoms with Gasteiger partial charge in [-0.25, -0.2) is 0 Å². The number of hydrogen-bond donors (Lipinski definition) is 0. The average Bonchev–Trinajstić information content (AvgIpc) is 0. The molecule has 0 nitrogen and oxygen atoms in total. The summed E-state index contributed by atoms with van der Waals surface area (Å²) in [4.78, 5) is 0. The van der Waals surface area contributed by atoms with Gasteiger partial charge in [-0.1, -0.05) is 0 Å². The van der Waals surface area contributed by atoms with Gasteiger partial charge in [-0.15, -0.1) is 0 Å². The predicted molar refractivity (Wildman–Crippen MR) is 23.0 cm³/mol. The molecule has 0 heterocycles. The van der Waals surface area contributed by atoms with Crippen LogP contribution in [0.1, 0.15) is 0 Å². The molecule has 12 valence electrons.